The summed E-state index contributed by atoms with van der Waals surface area (Å²) >= 11 is 0. The minimum Gasteiger partial charge on any atom is -0.384 e. The first-order chi connectivity index (χ1) is 13.9. The molecule has 0 aliphatic heterocycles. The van der Waals surface area contributed by atoms with Gasteiger partial charge >= 0.3 is 0 Å². The predicted molar refractivity (Wildman–Crippen MR) is 115 cm³/mol. The summed E-state index contributed by atoms with van der Waals surface area (Å²) in [5.41, 5.74) is 2.38. The molecule has 2 N–H and O–H groups in total. The van der Waals surface area contributed by atoms with Gasteiger partial charge in [-0.15, -0.1) is 5.10 Å². The van der Waals surface area contributed by atoms with Gasteiger partial charge in [0.1, 0.15) is 19.5 Å². The molecule has 2 aliphatic carbocycles. The van der Waals surface area contributed by atoms with Crippen molar-refractivity contribution in [3.05, 3.63) is 35.3 Å². The molecule has 2 saturated carbocycles. The Morgan fingerprint density at radius 3 is 2.55 bits per heavy atom. The van der Waals surface area contributed by atoms with Crippen LogP contribution in [-0.4, -0.2) is 46.3 Å². The van der Waals surface area contributed by atoms with Crippen molar-refractivity contribution in [1.82, 2.24) is 25.6 Å². The number of hydrogen-bond donors (Lipinski definition) is 2. The Balaban J connectivity index is 1.85. The molecule has 7 heteroatoms. The summed E-state index contributed by atoms with van der Waals surface area (Å²) in [5.74, 6) is 0.276. The molecule has 0 saturated heterocycles. The van der Waals surface area contributed by atoms with Crippen LogP contribution in [0.25, 0.3) is 0 Å². The van der Waals surface area contributed by atoms with Gasteiger partial charge in [-0.3, -0.25) is 4.79 Å². The molecule has 2 aliphatic rings. The van der Waals surface area contributed by atoms with E-state index < -0.39 is 0 Å². The normalized spacial score (nSPS) is 19.9. The lowest BCUT2D eigenvalue weighted by molar-refractivity contribution is -0.576. The van der Waals surface area contributed by atoms with E-state index in [1.165, 1.54) is 19.3 Å². The first-order valence-corrected chi connectivity index (χ1v) is 10.7. The largest absolute Gasteiger partial charge is 0.384 e. The first kappa shape index (κ1) is 21.3. The fourth-order valence-corrected chi connectivity index (χ4v) is 4.16. The minimum atomic E-state index is -0.161. The molecule has 1 unspecified atom stereocenters. The maximum Gasteiger partial charge on any atom is 0.267 e. The van der Waals surface area contributed by atoms with Crippen molar-refractivity contribution in [1.29, 1.82) is 0 Å². The van der Waals surface area contributed by atoms with E-state index in [2.05, 4.69) is 27.7 Å². The van der Waals surface area contributed by atoms with Crippen LogP contribution < -0.4 is 10.6 Å². The van der Waals surface area contributed by atoms with Crippen LogP contribution in [0.4, 0.5) is 0 Å². The molecule has 29 heavy (non-hydrogen) atoms. The molecule has 1 heterocycles. The van der Waals surface area contributed by atoms with E-state index in [1.807, 2.05) is 48.5 Å². The van der Waals surface area contributed by atoms with Gasteiger partial charge < -0.3 is 10.6 Å². The summed E-state index contributed by atoms with van der Waals surface area (Å²) in [4.78, 5) is 13.0. The number of rotatable bonds is 8. The Bertz CT molecular complexity index is 807. The van der Waals surface area contributed by atoms with Crippen LogP contribution in [0.3, 0.4) is 0 Å². The smallest absolute Gasteiger partial charge is 0.267 e. The lowest BCUT2D eigenvalue weighted by atomic mass is 9.82. The number of allylic oxidation sites excluding steroid dienone is 3. The molecule has 0 aromatic carbocycles. The van der Waals surface area contributed by atoms with Crippen molar-refractivity contribution in [3.63, 3.8) is 0 Å². The van der Waals surface area contributed by atoms with E-state index in [-0.39, 0.29) is 17.6 Å². The molecule has 2 fully saturated rings. The van der Waals surface area contributed by atoms with Crippen LogP contribution in [0.5, 0.6) is 0 Å². The first-order valence-electron chi connectivity index (χ1n) is 10.7. The van der Waals surface area contributed by atoms with Gasteiger partial charge in [-0.05, 0) is 38.7 Å². The Morgan fingerprint density at radius 1 is 1.31 bits per heavy atom. The average molecular weight is 400 g/mol. The molecule has 1 atom stereocenters. The van der Waals surface area contributed by atoms with Gasteiger partial charge in [0.25, 0.3) is 11.6 Å². The van der Waals surface area contributed by atoms with Crippen molar-refractivity contribution in [2.75, 3.05) is 14.1 Å². The van der Waals surface area contributed by atoms with E-state index in [1.54, 1.807) is 7.05 Å². The third-order valence-electron chi connectivity index (χ3n) is 6.17. The molecule has 0 radical (unpaired) electrons. The molecule has 7 nitrogen and oxygen atoms in total. The Kier molecular flexibility index (Phi) is 6.55. The van der Waals surface area contributed by atoms with Crippen LogP contribution in [0.2, 0.25) is 0 Å². The lowest BCUT2D eigenvalue weighted by Gasteiger charge is -2.29. The second kappa shape index (κ2) is 8.93. The highest BCUT2D eigenvalue weighted by Gasteiger charge is 2.55. The Morgan fingerprint density at radius 2 is 2.00 bits per heavy atom. The monoisotopic (exact) mass is 399 g/mol. The molecule has 1 amide bonds. The SMILES string of the molecule is C=[N+](C)C1(n2cc(C(NC(=O)C(=CC=C(C)C)NC)C3CCCCC3)nn2)CC1. The molecule has 158 valence electrons. The lowest BCUT2D eigenvalue weighted by Crippen LogP contribution is -2.38. The van der Waals surface area contributed by atoms with Gasteiger partial charge in [0.05, 0.1) is 17.9 Å². The topological polar surface area (TPSA) is 74.8 Å². The molecular weight excluding hydrogens is 364 g/mol. The number of carbonyl (C=O) groups is 1. The van der Waals surface area contributed by atoms with Gasteiger partial charge in [-0.25, -0.2) is 4.58 Å². The summed E-state index contributed by atoms with van der Waals surface area (Å²) in [6.07, 6.45) is 13.7. The van der Waals surface area contributed by atoms with Crippen LogP contribution in [0.15, 0.2) is 29.6 Å². The summed E-state index contributed by atoms with van der Waals surface area (Å²) in [6, 6.07) is -0.133. The summed E-state index contributed by atoms with van der Waals surface area (Å²) in [5, 5.41) is 15.2. The van der Waals surface area contributed by atoms with Crippen molar-refractivity contribution in [3.8, 4) is 0 Å². The third-order valence-corrected chi connectivity index (χ3v) is 6.17. The fourth-order valence-electron chi connectivity index (χ4n) is 4.16. The van der Waals surface area contributed by atoms with Crippen LogP contribution in [0.1, 0.15) is 70.5 Å². The van der Waals surface area contributed by atoms with Crippen molar-refractivity contribution < 1.29 is 9.37 Å². The second-order valence-corrected chi connectivity index (χ2v) is 8.69. The molecule has 0 bridgehead atoms. The maximum atomic E-state index is 13.0. The fraction of sp³-hybridized carbons (Fsp3) is 0.636. The molecular formula is C22H35N6O+. The summed E-state index contributed by atoms with van der Waals surface area (Å²) in [7, 11) is 3.75. The van der Waals surface area contributed by atoms with E-state index >= 15 is 0 Å². The number of carbonyl (C=O) groups excluding carboxylic acids is 1. The molecule has 0 spiro atoms. The number of nitrogens with one attached hydrogen (secondary N) is 2. The number of nitrogens with zero attached hydrogens (tertiary/aromatic N) is 4. The zero-order chi connectivity index (χ0) is 21.0. The van der Waals surface area contributed by atoms with Crippen LogP contribution in [-0.2, 0) is 10.5 Å². The number of amides is 1. The van der Waals surface area contributed by atoms with Crippen molar-refractivity contribution >= 4 is 12.6 Å². The Hall–Kier alpha value is -2.44. The number of aromatic nitrogens is 3. The van der Waals surface area contributed by atoms with Crippen LogP contribution >= 0.6 is 0 Å². The molecule has 1 aromatic rings. The third kappa shape index (κ3) is 4.77. The van der Waals surface area contributed by atoms with Gasteiger partial charge in [0.15, 0.2) is 0 Å². The minimum absolute atomic E-state index is 0.106. The highest BCUT2D eigenvalue weighted by molar-refractivity contribution is 5.93. The number of hydrogen-bond acceptors (Lipinski definition) is 4. The predicted octanol–water partition coefficient (Wildman–Crippen LogP) is 2.87. The van der Waals surface area contributed by atoms with Crippen LogP contribution in [0, 0.1) is 5.92 Å². The van der Waals surface area contributed by atoms with Gasteiger partial charge in [0, 0.05) is 19.9 Å². The summed E-state index contributed by atoms with van der Waals surface area (Å²) in [6.45, 7) is 8.09. The van der Waals surface area contributed by atoms with Crippen molar-refractivity contribution in [2.45, 2.75) is 70.5 Å². The molecule has 1 aromatic heterocycles. The Labute approximate surface area is 174 Å². The quantitative estimate of drug-likeness (QED) is 0.305. The van der Waals surface area contributed by atoms with E-state index in [0.717, 1.165) is 37.0 Å². The molecule has 3 rings (SSSR count). The average Bonchev–Trinajstić information content (AvgIpc) is 3.38. The van der Waals surface area contributed by atoms with E-state index in [0.29, 0.717) is 11.6 Å². The second-order valence-electron chi connectivity index (χ2n) is 8.69. The maximum absolute atomic E-state index is 13.0. The van der Waals surface area contributed by atoms with E-state index in [4.69, 9.17) is 0 Å². The highest BCUT2D eigenvalue weighted by Crippen LogP contribution is 2.43. The zero-order valence-electron chi connectivity index (χ0n) is 18.2. The van der Waals surface area contributed by atoms with Gasteiger partial charge in [-0.1, -0.05) is 36.1 Å². The van der Waals surface area contributed by atoms with Gasteiger partial charge in [0.2, 0.25) is 0 Å². The number of likely N-dealkylation sites (N-methyl/N-ethyl adjacent to an activating group) is 1. The summed E-state index contributed by atoms with van der Waals surface area (Å²) < 4.78 is 3.89. The highest BCUT2D eigenvalue weighted by atomic mass is 16.2. The van der Waals surface area contributed by atoms with Crippen molar-refractivity contribution in [2.24, 2.45) is 5.92 Å². The van der Waals surface area contributed by atoms with E-state index in [9.17, 15) is 4.79 Å². The van der Waals surface area contributed by atoms with Gasteiger partial charge in [-0.2, -0.15) is 4.68 Å². The zero-order valence-corrected chi connectivity index (χ0v) is 18.2. The standard InChI is InChI=1S/C22H34N6O/c1-16(2)11-12-18(23-3)21(29)24-20(17-9-7-6-8-10-17)19-15-28(26-25-19)22(13-14-22)27(4)5/h11-12,15,17,20,23H,4,6-10,13-14H2,1-3,5H3/p+1.